The molecule has 1 saturated heterocycles. The van der Waals surface area contributed by atoms with Crippen molar-refractivity contribution in [3.63, 3.8) is 0 Å². The first kappa shape index (κ1) is 11.6. The van der Waals surface area contributed by atoms with Gasteiger partial charge in [-0.25, -0.2) is 8.42 Å². The molecule has 0 bridgehead atoms. The molecule has 4 heteroatoms. The third-order valence-electron chi connectivity index (χ3n) is 2.91. The third-order valence-corrected chi connectivity index (χ3v) is 4.83. The molecule has 1 fully saturated rings. The highest BCUT2D eigenvalue weighted by Crippen LogP contribution is 2.21. The number of rotatable bonds is 4. The van der Waals surface area contributed by atoms with Gasteiger partial charge in [-0.1, -0.05) is 25.5 Å². The quantitative estimate of drug-likeness (QED) is 0.806. The Morgan fingerprint density at radius 3 is 2.25 bits per heavy atom. The SMILES string of the molecule is CCCc1ccc(S(=O)(=O)N2CCC2)cc1. The van der Waals surface area contributed by atoms with E-state index in [0.717, 1.165) is 19.3 Å². The maximum atomic E-state index is 12.0. The number of hydrogen-bond donors (Lipinski definition) is 0. The number of benzene rings is 1. The van der Waals surface area contributed by atoms with Gasteiger partial charge in [0.1, 0.15) is 0 Å². The first-order chi connectivity index (χ1) is 7.64. The van der Waals surface area contributed by atoms with Crippen LogP contribution in [0.1, 0.15) is 25.3 Å². The molecular weight excluding hydrogens is 222 g/mol. The summed E-state index contributed by atoms with van der Waals surface area (Å²) in [5, 5.41) is 0. The van der Waals surface area contributed by atoms with Crippen LogP contribution in [0.4, 0.5) is 0 Å². The second-order valence-corrected chi connectivity index (χ2v) is 6.09. The molecule has 1 aliphatic heterocycles. The summed E-state index contributed by atoms with van der Waals surface area (Å²) in [5.74, 6) is 0. The van der Waals surface area contributed by atoms with Crippen LogP contribution >= 0.6 is 0 Å². The molecule has 1 aliphatic rings. The molecule has 0 aromatic heterocycles. The zero-order chi connectivity index (χ0) is 11.6. The molecule has 2 rings (SSSR count). The summed E-state index contributed by atoms with van der Waals surface area (Å²) < 4.78 is 25.5. The minimum absolute atomic E-state index is 0.423. The lowest BCUT2D eigenvalue weighted by atomic mass is 10.1. The summed E-state index contributed by atoms with van der Waals surface area (Å²) in [4.78, 5) is 0.423. The maximum Gasteiger partial charge on any atom is 0.243 e. The first-order valence-corrected chi connectivity index (χ1v) is 7.17. The monoisotopic (exact) mass is 239 g/mol. The normalized spacial score (nSPS) is 17.1. The molecule has 0 amide bonds. The molecule has 0 saturated carbocycles. The Balaban J connectivity index is 2.20. The van der Waals surface area contributed by atoms with E-state index >= 15 is 0 Å². The summed E-state index contributed by atoms with van der Waals surface area (Å²) in [6.07, 6.45) is 3.06. The molecule has 0 unspecified atom stereocenters. The molecule has 1 aromatic carbocycles. The Morgan fingerprint density at radius 2 is 1.81 bits per heavy atom. The van der Waals surface area contributed by atoms with Crippen LogP contribution in [-0.2, 0) is 16.4 Å². The average molecular weight is 239 g/mol. The molecule has 88 valence electrons. The van der Waals surface area contributed by atoms with E-state index in [9.17, 15) is 8.42 Å². The first-order valence-electron chi connectivity index (χ1n) is 5.73. The smallest absolute Gasteiger partial charge is 0.207 e. The van der Waals surface area contributed by atoms with Crippen molar-refractivity contribution in [1.82, 2.24) is 4.31 Å². The van der Waals surface area contributed by atoms with E-state index in [-0.39, 0.29) is 0 Å². The van der Waals surface area contributed by atoms with E-state index in [1.54, 1.807) is 12.1 Å². The molecule has 0 N–H and O–H groups in total. The van der Waals surface area contributed by atoms with Crippen LogP contribution in [0.2, 0.25) is 0 Å². The molecule has 0 aliphatic carbocycles. The maximum absolute atomic E-state index is 12.0. The van der Waals surface area contributed by atoms with Gasteiger partial charge in [-0.05, 0) is 30.5 Å². The van der Waals surface area contributed by atoms with Gasteiger partial charge in [0, 0.05) is 13.1 Å². The minimum atomic E-state index is -3.20. The fourth-order valence-electron chi connectivity index (χ4n) is 1.79. The number of hydrogen-bond acceptors (Lipinski definition) is 2. The molecular formula is C12H17NO2S. The Bertz CT molecular complexity index is 446. The number of aryl methyl sites for hydroxylation is 1. The number of nitrogens with zero attached hydrogens (tertiary/aromatic N) is 1. The van der Waals surface area contributed by atoms with Crippen LogP contribution in [-0.4, -0.2) is 25.8 Å². The van der Waals surface area contributed by atoms with Crippen molar-refractivity contribution < 1.29 is 8.42 Å². The summed E-state index contributed by atoms with van der Waals surface area (Å²) in [6.45, 7) is 3.45. The van der Waals surface area contributed by atoms with E-state index < -0.39 is 10.0 Å². The summed E-state index contributed by atoms with van der Waals surface area (Å²) in [6, 6.07) is 7.27. The van der Waals surface area contributed by atoms with E-state index in [1.165, 1.54) is 9.87 Å². The Kier molecular flexibility index (Phi) is 3.30. The Morgan fingerprint density at radius 1 is 1.19 bits per heavy atom. The van der Waals surface area contributed by atoms with Crippen molar-refractivity contribution in [2.75, 3.05) is 13.1 Å². The lowest BCUT2D eigenvalue weighted by molar-refractivity contribution is 0.309. The highest BCUT2D eigenvalue weighted by Gasteiger charge is 2.28. The van der Waals surface area contributed by atoms with Crippen molar-refractivity contribution in [2.24, 2.45) is 0 Å². The van der Waals surface area contributed by atoms with Crippen LogP contribution in [0.3, 0.4) is 0 Å². The van der Waals surface area contributed by atoms with Crippen molar-refractivity contribution in [3.8, 4) is 0 Å². The predicted molar refractivity (Wildman–Crippen MR) is 63.8 cm³/mol. The van der Waals surface area contributed by atoms with Gasteiger partial charge in [0.15, 0.2) is 0 Å². The van der Waals surface area contributed by atoms with Gasteiger partial charge in [-0.2, -0.15) is 4.31 Å². The standard InChI is InChI=1S/C12H17NO2S/c1-2-4-11-5-7-12(8-6-11)16(14,15)13-9-3-10-13/h5-8H,2-4,9-10H2,1H3. The summed E-state index contributed by atoms with van der Waals surface area (Å²) in [7, 11) is -3.20. The highest BCUT2D eigenvalue weighted by molar-refractivity contribution is 7.89. The topological polar surface area (TPSA) is 37.4 Å². The van der Waals surface area contributed by atoms with E-state index in [1.807, 2.05) is 12.1 Å². The molecule has 0 spiro atoms. The highest BCUT2D eigenvalue weighted by atomic mass is 32.2. The molecule has 0 radical (unpaired) electrons. The van der Waals surface area contributed by atoms with Crippen molar-refractivity contribution in [2.45, 2.75) is 31.1 Å². The third kappa shape index (κ3) is 2.13. The molecule has 0 atom stereocenters. The van der Waals surface area contributed by atoms with Crippen LogP contribution in [0.15, 0.2) is 29.2 Å². The number of sulfonamides is 1. The second kappa shape index (κ2) is 4.55. The van der Waals surface area contributed by atoms with Gasteiger partial charge < -0.3 is 0 Å². The fraction of sp³-hybridized carbons (Fsp3) is 0.500. The lowest BCUT2D eigenvalue weighted by Crippen LogP contribution is -2.41. The fourth-order valence-corrected chi connectivity index (χ4v) is 3.31. The van der Waals surface area contributed by atoms with Gasteiger partial charge in [0.2, 0.25) is 10.0 Å². The zero-order valence-corrected chi connectivity index (χ0v) is 10.3. The van der Waals surface area contributed by atoms with Crippen LogP contribution in [0.5, 0.6) is 0 Å². The van der Waals surface area contributed by atoms with E-state index in [0.29, 0.717) is 18.0 Å². The lowest BCUT2D eigenvalue weighted by Gasteiger charge is -2.29. The Hall–Kier alpha value is -0.870. The van der Waals surface area contributed by atoms with Crippen LogP contribution in [0, 0.1) is 0 Å². The average Bonchev–Trinajstić information content (AvgIpc) is 2.15. The zero-order valence-electron chi connectivity index (χ0n) is 9.52. The van der Waals surface area contributed by atoms with Crippen molar-refractivity contribution in [3.05, 3.63) is 29.8 Å². The molecule has 1 aromatic rings. The van der Waals surface area contributed by atoms with Gasteiger partial charge in [-0.15, -0.1) is 0 Å². The Labute approximate surface area is 97.1 Å². The minimum Gasteiger partial charge on any atom is -0.207 e. The molecule has 16 heavy (non-hydrogen) atoms. The van der Waals surface area contributed by atoms with Gasteiger partial charge in [0.05, 0.1) is 4.90 Å². The molecule has 3 nitrogen and oxygen atoms in total. The summed E-state index contributed by atoms with van der Waals surface area (Å²) in [5.41, 5.74) is 1.20. The van der Waals surface area contributed by atoms with Crippen molar-refractivity contribution >= 4 is 10.0 Å². The molecule has 1 heterocycles. The predicted octanol–water partition coefficient (Wildman–Crippen LogP) is 2.03. The van der Waals surface area contributed by atoms with Gasteiger partial charge >= 0.3 is 0 Å². The largest absolute Gasteiger partial charge is 0.243 e. The van der Waals surface area contributed by atoms with Crippen LogP contribution in [0.25, 0.3) is 0 Å². The summed E-state index contributed by atoms with van der Waals surface area (Å²) >= 11 is 0. The van der Waals surface area contributed by atoms with Crippen molar-refractivity contribution in [1.29, 1.82) is 0 Å². The van der Waals surface area contributed by atoms with E-state index in [4.69, 9.17) is 0 Å². The van der Waals surface area contributed by atoms with Crippen LogP contribution < -0.4 is 0 Å². The van der Waals surface area contributed by atoms with E-state index in [2.05, 4.69) is 6.92 Å². The van der Waals surface area contributed by atoms with Gasteiger partial charge in [0.25, 0.3) is 0 Å². The van der Waals surface area contributed by atoms with Gasteiger partial charge in [-0.3, -0.25) is 0 Å². The second-order valence-electron chi connectivity index (χ2n) is 4.15.